The summed E-state index contributed by atoms with van der Waals surface area (Å²) in [6.07, 6.45) is 0.701. The highest BCUT2D eigenvalue weighted by molar-refractivity contribution is 5.91. The number of urea groups is 1. The summed E-state index contributed by atoms with van der Waals surface area (Å²) in [5.74, 6) is 0.802. The maximum absolute atomic E-state index is 13.2. The molecule has 7 nitrogen and oxygen atoms in total. The monoisotopic (exact) mass is 412 g/mol. The fourth-order valence-corrected chi connectivity index (χ4v) is 3.87. The van der Waals surface area contributed by atoms with E-state index < -0.39 is 6.04 Å². The molecule has 30 heavy (non-hydrogen) atoms. The molecule has 0 radical (unpaired) electrons. The van der Waals surface area contributed by atoms with Gasteiger partial charge in [0.25, 0.3) is 0 Å². The van der Waals surface area contributed by atoms with E-state index in [0.29, 0.717) is 24.5 Å². The molecule has 0 fully saturated rings. The molecule has 1 N–H and O–H groups in total. The molecule has 2 amide bonds. The number of nitrogens with zero attached hydrogens (tertiary/aromatic N) is 1. The van der Waals surface area contributed by atoms with Gasteiger partial charge in [-0.15, -0.1) is 0 Å². The Bertz CT molecular complexity index is 957. The van der Waals surface area contributed by atoms with Gasteiger partial charge in [0.15, 0.2) is 11.5 Å². The van der Waals surface area contributed by atoms with Crippen molar-refractivity contribution in [3.05, 3.63) is 52.6 Å². The number of rotatable bonds is 5. The lowest BCUT2D eigenvalue weighted by Gasteiger charge is -2.37. The molecule has 0 aliphatic carbocycles. The van der Waals surface area contributed by atoms with Crippen molar-refractivity contribution in [2.75, 3.05) is 33.2 Å². The second kappa shape index (κ2) is 9.07. The van der Waals surface area contributed by atoms with E-state index in [2.05, 4.69) is 5.32 Å². The number of amides is 2. The summed E-state index contributed by atoms with van der Waals surface area (Å²) in [5, 5.41) is 2.99. The van der Waals surface area contributed by atoms with Crippen molar-refractivity contribution in [2.24, 2.45) is 0 Å². The van der Waals surface area contributed by atoms with Gasteiger partial charge in [-0.1, -0.05) is 17.7 Å². The molecule has 1 unspecified atom stereocenters. The highest BCUT2D eigenvalue weighted by Gasteiger charge is 2.34. The summed E-state index contributed by atoms with van der Waals surface area (Å²) >= 11 is 0. The summed E-state index contributed by atoms with van der Waals surface area (Å²) in [7, 11) is 4.50. The van der Waals surface area contributed by atoms with Crippen LogP contribution in [0.3, 0.4) is 0 Å². The Kier molecular flexibility index (Phi) is 6.50. The minimum atomic E-state index is -0.466. The van der Waals surface area contributed by atoms with Gasteiger partial charge >= 0.3 is 12.0 Å². The van der Waals surface area contributed by atoms with E-state index in [-0.39, 0.29) is 18.4 Å². The van der Waals surface area contributed by atoms with Gasteiger partial charge < -0.3 is 24.4 Å². The lowest BCUT2D eigenvalue weighted by atomic mass is 9.90. The highest BCUT2D eigenvalue weighted by atomic mass is 16.5. The molecule has 160 valence electrons. The summed E-state index contributed by atoms with van der Waals surface area (Å²) in [5.41, 5.74) is 4.75. The first-order valence-corrected chi connectivity index (χ1v) is 9.84. The molecule has 0 saturated heterocycles. The van der Waals surface area contributed by atoms with Crippen LogP contribution in [-0.4, -0.2) is 44.8 Å². The van der Waals surface area contributed by atoms with Crippen LogP contribution in [0.4, 0.5) is 10.5 Å². The topological polar surface area (TPSA) is 77.1 Å². The van der Waals surface area contributed by atoms with Crippen molar-refractivity contribution in [3.63, 3.8) is 0 Å². The number of hydrogen-bond acceptors (Lipinski definition) is 5. The highest BCUT2D eigenvalue weighted by Crippen LogP contribution is 2.39. The smallest absolute Gasteiger partial charge is 0.322 e. The first-order chi connectivity index (χ1) is 14.4. The number of benzene rings is 2. The number of hydrogen-bond donors (Lipinski definition) is 1. The van der Waals surface area contributed by atoms with Crippen LogP contribution in [0.15, 0.2) is 30.3 Å². The molecule has 1 aliphatic heterocycles. The maximum atomic E-state index is 13.2. The molecule has 1 atom stereocenters. The lowest BCUT2D eigenvalue weighted by molar-refractivity contribution is -0.141. The van der Waals surface area contributed by atoms with E-state index in [9.17, 15) is 9.59 Å². The van der Waals surface area contributed by atoms with Crippen LogP contribution >= 0.6 is 0 Å². The van der Waals surface area contributed by atoms with Gasteiger partial charge in [-0.25, -0.2) is 4.79 Å². The Morgan fingerprint density at radius 3 is 2.40 bits per heavy atom. The maximum Gasteiger partial charge on any atom is 0.322 e. The van der Waals surface area contributed by atoms with Crippen LogP contribution in [0.1, 0.15) is 34.7 Å². The predicted molar refractivity (Wildman–Crippen MR) is 114 cm³/mol. The Morgan fingerprint density at radius 1 is 1.07 bits per heavy atom. The van der Waals surface area contributed by atoms with Gasteiger partial charge in [-0.2, -0.15) is 0 Å². The molecular weight excluding hydrogens is 384 g/mol. The van der Waals surface area contributed by atoms with Crippen LogP contribution < -0.4 is 14.8 Å². The molecule has 0 bridgehead atoms. The number of ether oxygens (including phenoxy) is 3. The average Bonchev–Trinajstić information content (AvgIpc) is 2.74. The van der Waals surface area contributed by atoms with Gasteiger partial charge in [-0.3, -0.25) is 4.79 Å². The predicted octanol–water partition coefficient (Wildman–Crippen LogP) is 4.02. The Balaban J connectivity index is 1.95. The van der Waals surface area contributed by atoms with E-state index in [4.69, 9.17) is 14.2 Å². The Hall–Kier alpha value is -3.22. The zero-order chi connectivity index (χ0) is 21.8. The first-order valence-electron chi connectivity index (χ1n) is 9.84. The average molecular weight is 412 g/mol. The Morgan fingerprint density at radius 2 is 1.77 bits per heavy atom. The van der Waals surface area contributed by atoms with Gasteiger partial charge in [0.1, 0.15) is 0 Å². The zero-order valence-electron chi connectivity index (χ0n) is 18.1. The minimum absolute atomic E-state index is 0.0548. The first kappa shape index (κ1) is 21.5. The number of esters is 1. The number of anilines is 1. The van der Waals surface area contributed by atoms with E-state index in [0.717, 1.165) is 27.9 Å². The standard InChI is InChI=1S/C23H28N2O5/c1-14-6-7-18(15(2)10-14)24-23(27)25-9-8-16-11-20(28-3)21(29-4)12-17(16)19(25)13-22(26)30-5/h6-7,10-12,19H,8-9,13H2,1-5H3,(H,24,27). The van der Waals surface area contributed by atoms with Crippen LogP contribution in [0.5, 0.6) is 11.5 Å². The number of aryl methyl sites for hydroxylation is 2. The number of methoxy groups -OCH3 is 3. The fourth-order valence-electron chi connectivity index (χ4n) is 3.87. The largest absolute Gasteiger partial charge is 0.493 e. The molecule has 0 aromatic heterocycles. The van der Waals surface area contributed by atoms with Crippen LogP contribution in [0.2, 0.25) is 0 Å². The molecule has 2 aromatic rings. The number of carbonyl (C=O) groups is 2. The van der Waals surface area contributed by atoms with Gasteiger partial charge in [0, 0.05) is 12.2 Å². The third kappa shape index (κ3) is 4.35. The summed E-state index contributed by atoms with van der Waals surface area (Å²) in [6.45, 7) is 4.44. The van der Waals surface area contributed by atoms with Crippen molar-refractivity contribution in [3.8, 4) is 11.5 Å². The van der Waals surface area contributed by atoms with Crippen molar-refractivity contribution < 1.29 is 23.8 Å². The lowest BCUT2D eigenvalue weighted by Crippen LogP contribution is -2.43. The van der Waals surface area contributed by atoms with E-state index in [1.165, 1.54) is 7.11 Å². The molecule has 0 saturated carbocycles. The normalized spacial score (nSPS) is 15.2. The van der Waals surface area contributed by atoms with Gasteiger partial charge in [0.05, 0.1) is 33.8 Å². The van der Waals surface area contributed by atoms with Crippen molar-refractivity contribution >= 4 is 17.7 Å². The molecular formula is C23H28N2O5. The Labute approximate surface area is 176 Å². The summed E-state index contributed by atoms with van der Waals surface area (Å²) in [6, 6.07) is 8.91. The van der Waals surface area contributed by atoms with Gasteiger partial charge in [-0.05, 0) is 55.2 Å². The second-order valence-electron chi connectivity index (χ2n) is 7.39. The molecule has 2 aromatic carbocycles. The molecule has 7 heteroatoms. The number of nitrogens with one attached hydrogen (secondary N) is 1. The third-order valence-corrected chi connectivity index (χ3v) is 5.47. The second-order valence-corrected chi connectivity index (χ2v) is 7.39. The van der Waals surface area contributed by atoms with Gasteiger partial charge in [0.2, 0.25) is 0 Å². The number of carbonyl (C=O) groups excluding carboxylic acids is 2. The molecule has 1 aliphatic rings. The summed E-state index contributed by atoms with van der Waals surface area (Å²) in [4.78, 5) is 27.0. The minimum Gasteiger partial charge on any atom is -0.493 e. The molecule has 1 heterocycles. The van der Waals surface area contributed by atoms with Crippen LogP contribution in [0, 0.1) is 13.8 Å². The fraction of sp³-hybridized carbons (Fsp3) is 0.391. The van der Waals surface area contributed by atoms with Crippen molar-refractivity contribution in [1.29, 1.82) is 0 Å². The van der Waals surface area contributed by atoms with E-state index >= 15 is 0 Å². The zero-order valence-corrected chi connectivity index (χ0v) is 18.1. The van der Waals surface area contributed by atoms with E-state index in [1.54, 1.807) is 19.1 Å². The SMILES string of the molecule is COC(=O)CC1c2cc(OC)c(OC)cc2CCN1C(=O)Nc1ccc(C)cc1C. The summed E-state index contributed by atoms with van der Waals surface area (Å²) < 4.78 is 15.7. The van der Waals surface area contributed by atoms with Crippen molar-refractivity contribution in [1.82, 2.24) is 4.90 Å². The van der Waals surface area contributed by atoms with Crippen LogP contribution in [-0.2, 0) is 16.0 Å². The molecule has 0 spiro atoms. The van der Waals surface area contributed by atoms with Crippen molar-refractivity contribution in [2.45, 2.75) is 32.7 Å². The number of fused-ring (bicyclic) bond motifs is 1. The quantitative estimate of drug-likeness (QED) is 0.751. The molecule has 3 rings (SSSR count). The van der Waals surface area contributed by atoms with E-state index in [1.807, 2.05) is 44.2 Å². The third-order valence-electron chi connectivity index (χ3n) is 5.47. The van der Waals surface area contributed by atoms with Crippen LogP contribution in [0.25, 0.3) is 0 Å².